The van der Waals surface area contributed by atoms with Crippen molar-refractivity contribution in [3.63, 3.8) is 0 Å². The Labute approximate surface area is 101 Å². The van der Waals surface area contributed by atoms with Crippen LogP contribution in [0.15, 0.2) is 0 Å². The second-order valence-corrected chi connectivity index (χ2v) is 6.56. The molecule has 1 fully saturated rings. The number of aromatic nitrogens is 1. The van der Waals surface area contributed by atoms with Gasteiger partial charge in [0, 0.05) is 10.9 Å². The molecule has 0 atom stereocenters. The molecule has 0 saturated heterocycles. The van der Waals surface area contributed by atoms with Gasteiger partial charge in [-0.1, -0.05) is 0 Å². The Hall–Kier alpha value is -0.410. The van der Waals surface area contributed by atoms with Crippen LogP contribution in [-0.4, -0.2) is 11.0 Å². The summed E-state index contributed by atoms with van der Waals surface area (Å²) < 4.78 is 0. The molecule has 0 amide bonds. The molecule has 2 nitrogen and oxygen atoms in total. The summed E-state index contributed by atoms with van der Waals surface area (Å²) in [7, 11) is 0. The van der Waals surface area contributed by atoms with Gasteiger partial charge in [0.2, 0.25) is 0 Å². The van der Waals surface area contributed by atoms with E-state index in [4.69, 9.17) is 4.98 Å². The van der Waals surface area contributed by atoms with Crippen LogP contribution in [0.2, 0.25) is 0 Å². The zero-order chi connectivity index (χ0) is 11.2. The fourth-order valence-electron chi connectivity index (χ4n) is 2.90. The van der Waals surface area contributed by atoms with Crippen LogP contribution in [0.4, 0.5) is 0 Å². The van der Waals surface area contributed by atoms with Crippen LogP contribution in [0.3, 0.4) is 0 Å². The molecular weight excluding hydrogens is 216 g/mol. The maximum atomic E-state index is 4.89. The van der Waals surface area contributed by atoms with Crippen LogP contribution >= 0.6 is 11.3 Å². The highest BCUT2D eigenvalue weighted by atomic mass is 32.1. The smallest absolute Gasteiger partial charge is 0.113 e. The molecule has 0 radical (unpaired) electrons. The highest BCUT2D eigenvalue weighted by Gasteiger charge is 2.42. The van der Waals surface area contributed by atoms with E-state index in [9.17, 15) is 0 Å². The van der Waals surface area contributed by atoms with Crippen LogP contribution in [0.25, 0.3) is 0 Å². The van der Waals surface area contributed by atoms with Gasteiger partial charge in [-0.2, -0.15) is 0 Å². The molecule has 1 saturated carbocycles. The molecule has 3 rings (SSSR count). The van der Waals surface area contributed by atoms with Crippen LogP contribution < -0.4 is 5.32 Å². The van der Waals surface area contributed by atoms with E-state index in [1.165, 1.54) is 49.2 Å². The number of hydrogen-bond donors (Lipinski definition) is 1. The lowest BCUT2D eigenvalue weighted by atomic mass is 9.76. The van der Waals surface area contributed by atoms with Gasteiger partial charge >= 0.3 is 0 Å². The Kier molecular flexibility index (Phi) is 2.55. The summed E-state index contributed by atoms with van der Waals surface area (Å²) in [6.45, 7) is 4.47. The monoisotopic (exact) mass is 236 g/mol. The Morgan fingerprint density at radius 3 is 2.62 bits per heavy atom. The van der Waals surface area contributed by atoms with E-state index >= 15 is 0 Å². The molecule has 3 heteroatoms. The first-order valence-corrected chi connectivity index (χ1v) is 7.28. The molecule has 16 heavy (non-hydrogen) atoms. The van der Waals surface area contributed by atoms with Gasteiger partial charge in [-0.15, -0.1) is 11.3 Å². The zero-order valence-electron chi connectivity index (χ0n) is 10.2. The first kappa shape index (κ1) is 10.7. The molecule has 2 aliphatic carbocycles. The first-order valence-electron chi connectivity index (χ1n) is 6.46. The van der Waals surface area contributed by atoms with Crippen molar-refractivity contribution < 1.29 is 0 Å². The molecule has 1 N–H and O–H groups in total. The number of aryl methyl sites for hydroxylation is 2. The number of rotatable bonds is 3. The molecule has 0 aromatic carbocycles. The lowest BCUT2D eigenvalue weighted by Gasteiger charge is -2.42. The van der Waals surface area contributed by atoms with Crippen molar-refractivity contribution in [1.29, 1.82) is 0 Å². The number of fused-ring (bicyclic) bond motifs is 1. The predicted molar refractivity (Wildman–Crippen MR) is 67.9 cm³/mol. The van der Waals surface area contributed by atoms with E-state index < -0.39 is 0 Å². The minimum absolute atomic E-state index is 0.239. The number of thiazole rings is 1. The van der Waals surface area contributed by atoms with Gasteiger partial charge in [0.1, 0.15) is 5.01 Å². The summed E-state index contributed by atoms with van der Waals surface area (Å²) in [6.07, 6.45) is 7.70. The van der Waals surface area contributed by atoms with Gasteiger partial charge < -0.3 is 5.32 Å². The average molecular weight is 236 g/mol. The predicted octanol–water partition coefficient (Wildman–Crippen LogP) is 3.01. The summed E-state index contributed by atoms with van der Waals surface area (Å²) in [5.74, 6) is 0. The van der Waals surface area contributed by atoms with Crippen molar-refractivity contribution in [3.8, 4) is 0 Å². The topological polar surface area (TPSA) is 24.9 Å². The molecule has 0 unspecified atom stereocenters. The van der Waals surface area contributed by atoms with E-state index in [1.54, 1.807) is 4.88 Å². The van der Waals surface area contributed by atoms with Gasteiger partial charge in [-0.05, 0) is 52.4 Å². The molecule has 1 aromatic heterocycles. The van der Waals surface area contributed by atoms with E-state index in [-0.39, 0.29) is 5.54 Å². The Morgan fingerprint density at radius 2 is 2.06 bits per heavy atom. The molecule has 0 spiro atoms. The molecule has 0 aliphatic heterocycles. The average Bonchev–Trinajstić information content (AvgIpc) is 2.69. The molecule has 88 valence electrons. The third-order valence-corrected chi connectivity index (χ3v) is 5.14. The van der Waals surface area contributed by atoms with E-state index in [0.29, 0.717) is 6.04 Å². The maximum Gasteiger partial charge on any atom is 0.113 e. The zero-order valence-corrected chi connectivity index (χ0v) is 11.0. The molecule has 1 aromatic rings. The first-order chi connectivity index (χ1) is 7.70. The fraction of sp³-hybridized carbons (Fsp3) is 0.769. The third-order valence-electron chi connectivity index (χ3n) is 3.78. The SMILES string of the molecule is CC(C)NC1(c2nc3c(s2)CCC3)CCC1. The number of hydrogen-bond acceptors (Lipinski definition) is 3. The highest BCUT2D eigenvalue weighted by Crippen LogP contribution is 2.45. The van der Waals surface area contributed by atoms with Gasteiger partial charge in [0.15, 0.2) is 0 Å². The van der Waals surface area contributed by atoms with E-state index in [2.05, 4.69) is 19.2 Å². The van der Waals surface area contributed by atoms with Gasteiger partial charge in [0.05, 0.1) is 11.2 Å². The van der Waals surface area contributed by atoms with Crippen molar-refractivity contribution >= 4 is 11.3 Å². The van der Waals surface area contributed by atoms with Crippen LogP contribution in [0.1, 0.15) is 55.1 Å². The summed E-state index contributed by atoms with van der Waals surface area (Å²) in [5.41, 5.74) is 1.64. The van der Waals surface area contributed by atoms with Crippen molar-refractivity contribution in [2.75, 3.05) is 0 Å². The van der Waals surface area contributed by atoms with Crippen molar-refractivity contribution in [2.24, 2.45) is 0 Å². The van der Waals surface area contributed by atoms with Crippen molar-refractivity contribution in [2.45, 2.75) is 64.0 Å². The van der Waals surface area contributed by atoms with Crippen LogP contribution in [-0.2, 0) is 18.4 Å². The van der Waals surface area contributed by atoms with Crippen molar-refractivity contribution in [1.82, 2.24) is 10.3 Å². The largest absolute Gasteiger partial charge is 0.303 e. The minimum atomic E-state index is 0.239. The van der Waals surface area contributed by atoms with Gasteiger partial charge in [0.25, 0.3) is 0 Å². The molecular formula is C13H20N2S. The fourth-order valence-corrected chi connectivity index (χ4v) is 4.26. The summed E-state index contributed by atoms with van der Waals surface area (Å²) in [4.78, 5) is 6.46. The molecule has 1 heterocycles. The maximum absolute atomic E-state index is 4.89. The summed E-state index contributed by atoms with van der Waals surface area (Å²) in [6, 6.07) is 0.555. The van der Waals surface area contributed by atoms with Gasteiger partial charge in [-0.25, -0.2) is 4.98 Å². The van der Waals surface area contributed by atoms with Crippen LogP contribution in [0, 0.1) is 0 Å². The highest BCUT2D eigenvalue weighted by molar-refractivity contribution is 7.12. The second-order valence-electron chi connectivity index (χ2n) is 5.48. The van der Waals surface area contributed by atoms with E-state index in [0.717, 1.165) is 0 Å². The quantitative estimate of drug-likeness (QED) is 0.872. The van der Waals surface area contributed by atoms with E-state index in [1.807, 2.05) is 11.3 Å². The Morgan fingerprint density at radius 1 is 1.25 bits per heavy atom. The normalized spacial score (nSPS) is 22.2. The standard InChI is InChI=1S/C13H20N2S/c1-9(2)15-13(7-4-8-13)12-14-10-5-3-6-11(10)16-12/h9,15H,3-8H2,1-2H3. The number of nitrogens with one attached hydrogen (secondary N) is 1. The number of nitrogens with zero attached hydrogens (tertiary/aromatic N) is 1. The lowest BCUT2D eigenvalue weighted by molar-refractivity contribution is 0.170. The van der Waals surface area contributed by atoms with Crippen LogP contribution in [0.5, 0.6) is 0 Å². The lowest BCUT2D eigenvalue weighted by Crippen LogP contribution is -2.50. The molecule has 2 aliphatic rings. The molecule has 0 bridgehead atoms. The second kappa shape index (κ2) is 3.81. The summed E-state index contributed by atoms with van der Waals surface area (Å²) in [5, 5.41) is 5.12. The Balaban J connectivity index is 1.88. The Bertz CT molecular complexity index is 369. The van der Waals surface area contributed by atoms with Crippen molar-refractivity contribution in [3.05, 3.63) is 15.6 Å². The van der Waals surface area contributed by atoms with Gasteiger partial charge in [-0.3, -0.25) is 0 Å². The summed E-state index contributed by atoms with van der Waals surface area (Å²) >= 11 is 1.97. The minimum Gasteiger partial charge on any atom is -0.303 e. The third kappa shape index (κ3) is 1.61.